The second-order valence-corrected chi connectivity index (χ2v) is 2.54. The Labute approximate surface area is 49.9 Å². The number of aliphatic hydroxyl groups is 1. The zero-order chi connectivity index (χ0) is 5.98. The van der Waals surface area contributed by atoms with Gasteiger partial charge in [-0.15, -0.1) is 0 Å². The molecule has 0 spiro atoms. The number of hydrogen-bond donors (Lipinski definition) is 2. The molecule has 0 bridgehead atoms. The Bertz CT molecular complexity index is 64.9. The van der Waals surface area contributed by atoms with Gasteiger partial charge >= 0.3 is 0 Å². The smallest absolute Gasteiger partial charge is 0.0590 e. The summed E-state index contributed by atoms with van der Waals surface area (Å²) in [5, 5.41) is 12.3. The summed E-state index contributed by atoms with van der Waals surface area (Å²) in [7, 11) is 0. The van der Waals surface area contributed by atoms with Crippen molar-refractivity contribution in [2.24, 2.45) is 5.92 Å². The van der Waals surface area contributed by atoms with Crippen LogP contribution >= 0.6 is 0 Å². The summed E-state index contributed by atoms with van der Waals surface area (Å²) in [6.45, 7) is 4.02. The van der Waals surface area contributed by atoms with E-state index in [1.165, 1.54) is 0 Å². The highest BCUT2D eigenvalue weighted by Crippen LogP contribution is 2.08. The Morgan fingerprint density at radius 1 is 1.62 bits per heavy atom. The third-order valence-electron chi connectivity index (χ3n) is 1.74. The Balaban J connectivity index is 2.28. The number of rotatable bonds is 0. The Morgan fingerprint density at radius 3 is 2.75 bits per heavy atom. The van der Waals surface area contributed by atoms with E-state index < -0.39 is 0 Å². The van der Waals surface area contributed by atoms with Gasteiger partial charge in [0.15, 0.2) is 0 Å². The Morgan fingerprint density at radius 2 is 2.38 bits per heavy atom. The molecule has 1 saturated heterocycles. The van der Waals surface area contributed by atoms with Crippen molar-refractivity contribution in [3.63, 3.8) is 0 Å². The van der Waals surface area contributed by atoms with Crippen molar-refractivity contribution in [1.82, 2.24) is 5.32 Å². The number of piperidine rings is 1. The molecule has 2 nitrogen and oxygen atoms in total. The molecule has 0 aromatic rings. The van der Waals surface area contributed by atoms with Crippen LogP contribution in [-0.2, 0) is 0 Å². The van der Waals surface area contributed by atoms with Crippen LogP contribution in [0, 0.1) is 5.92 Å². The molecule has 0 aliphatic carbocycles. The van der Waals surface area contributed by atoms with Crippen molar-refractivity contribution in [3.05, 3.63) is 0 Å². The Kier molecular flexibility index (Phi) is 1.86. The van der Waals surface area contributed by atoms with Crippen molar-refractivity contribution in [2.45, 2.75) is 19.4 Å². The van der Waals surface area contributed by atoms with E-state index in [1.54, 1.807) is 0 Å². The molecule has 0 unspecified atom stereocenters. The lowest BCUT2D eigenvalue weighted by Crippen LogP contribution is -2.38. The maximum absolute atomic E-state index is 9.14. The SMILES string of the molecule is C[C@@H]1CNCC[C@H]1O. The van der Waals surface area contributed by atoms with E-state index in [0.717, 1.165) is 19.5 Å². The van der Waals surface area contributed by atoms with Crippen LogP contribution in [0.1, 0.15) is 13.3 Å². The minimum atomic E-state index is -0.0590. The second kappa shape index (κ2) is 2.46. The maximum atomic E-state index is 9.14. The summed E-state index contributed by atoms with van der Waals surface area (Å²) in [6.07, 6.45) is 0.859. The van der Waals surface area contributed by atoms with Gasteiger partial charge in [-0.3, -0.25) is 0 Å². The monoisotopic (exact) mass is 115 g/mol. The number of hydrogen-bond acceptors (Lipinski definition) is 2. The summed E-state index contributed by atoms with van der Waals surface area (Å²) in [6, 6.07) is 0. The lowest BCUT2D eigenvalue weighted by atomic mass is 9.99. The Hall–Kier alpha value is -0.0800. The van der Waals surface area contributed by atoms with Gasteiger partial charge in [0.1, 0.15) is 0 Å². The minimum absolute atomic E-state index is 0.0590. The van der Waals surface area contributed by atoms with Gasteiger partial charge in [0, 0.05) is 6.54 Å². The average molecular weight is 115 g/mol. The van der Waals surface area contributed by atoms with E-state index in [2.05, 4.69) is 12.2 Å². The molecule has 1 aliphatic rings. The first kappa shape index (κ1) is 6.05. The fourth-order valence-corrected chi connectivity index (χ4v) is 1.00. The molecule has 0 aromatic carbocycles. The van der Waals surface area contributed by atoms with Gasteiger partial charge in [-0.05, 0) is 18.9 Å². The van der Waals surface area contributed by atoms with Crippen molar-refractivity contribution in [1.29, 1.82) is 0 Å². The molecule has 2 atom stereocenters. The van der Waals surface area contributed by atoms with E-state index in [1.807, 2.05) is 0 Å². The van der Waals surface area contributed by atoms with Crippen LogP contribution in [-0.4, -0.2) is 24.3 Å². The van der Waals surface area contributed by atoms with Crippen molar-refractivity contribution >= 4 is 0 Å². The predicted octanol–water partition coefficient (Wildman–Crippen LogP) is -0.0233. The molecule has 1 aliphatic heterocycles. The fourth-order valence-electron chi connectivity index (χ4n) is 1.00. The van der Waals surface area contributed by atoms with Gasteiger partial charge in [0.05, 0.1) is 6.10 Å². The number of aliphatic hydroxyl groups excluding tert-OH is 1. The molecule has 8 heavy (non-hydrogen) atoms. The van der Waals surface area contributed by atoms with Crippen molar-refractivity contribution < 1.29 is 5.11 Å². The van der Waals surface area contributed by atoms with Crippen molar-refractivity contribution in [2.75, 3.05) is 13.1 Å². The first-order chi connectivity index (χ1) is 3.80. The van der Waals surface area contributed by atoms with Crippen LogP contribution in [0.4, 0.5) is 0 Å². The summed E-state index contributed by atoms with van der Waals surface area (Å²) < 4.78 is 0. The molecule has 48 valence electrons. The maximum Gasteiger partial charge on any atom is 0.0590 e. The van der Waals surface area contributed by atoms with Crippen molar-refractivity contribution in [3.8, 4) is 0 Å². The van der Waals surface area contributed by atoms with Gasteiger partial charge in [-0.1, -0.05) is 6.92 Å². The molecule has 0 saturated carbocycles. The normalized spacial score (nSPS) is 39.8. The summed E-state index contributed by atoms with van der Waals surface area (Å²) >= 11 is 0. The third kappa shape index (κ3) is 1.20. The average Bonchev–Trinajstić information content (AvgIpc) is 1.77. The summed E-state index contributed by atoms with van der Waals surface area (Å²) in [5.74, 6) is 0.448. The van der Waals surface area contributed by atoms with Crippen LogP contribution in [0.2, 0.25) is 0 Å². The quantitative estimate of drug-likeness (QED) is 0.465. The molecule has 0 radical (unpaired) electrons. The highest BCUT2D eigenvalue weighted by molar-refractivity contribution is 4.72. The molecule has 1 fully saturated rings. The summed E-state index contributed by atoms with van der Waals surface area (Å²) in [4.78, 5) is 0. The lowest BCUT2D eigenvalue weighted by molar-refractivity contribution is 0.0882. The highest BCUT2D eigenvalue weighted by atomic mass is 16.3. The molecule has 1 rings (SSSR count). The van der Waals surface area contributed by atoms with Crippen LogP contribution in [0.15, 0.2) is 0 Å². The molecule has 0 amide bonds. The molecule has 0 aromatic heterocycles. The zero-order valence-electron chi connectivity index (χ0n) is 5.22. The largest absolute Gasteiger partial charge is 0.393 e. The van der Waals surface area contributed by atoms with Crippen LogP contribution in [0.5, 0.6) is 0 Å². The highest BCUT2D eigenvalue weighted by Gasteiger charge is 2.16. The predicted molar refractivity (Wildman–Crippen MR) is 32.7 cm³/mol. The van der Waals surface area contributed by atoms with E-state index in [9.17, 15) is 0 Å². The first-order valence-corrected chi connectivity index (χ1v) is 3.19. The van der Waals surface area contributed by atoms with Crippen LogP contribution in [0.25, 0.3) is 0 Å². The molecule has 2 heteroatoms. The van der Waals surface area contributed by atoms with Gasteiger partial charge in [-0.25, -0.2) is 0 Å². The van der Waals surface area contributed by atoms with E-state index in [0.29, 0.717) is 5.92 Å². The van der Waals surface area contributed by atoms with E-state index in [4.69, 9.17) is 5.11 Å². The van der Waals surface area contributed by atoms with Crippen LogP contribution in [0.3, 0.4) is 0 Å². The molecular formula is C6H13NO. The van der Waals surface area contributed by atoms with Gasteiger partial charge in [0.25, 0.3) is 0 Å². The van der Waals surface area contributed by atoms with E-state index >= 15 is 0 Å². The second-order valence-electron chi connectivity index (χ2n) is 2.54. The van der Waals surface area contributed by atoms with Crippen LogP contribution < -0.4 is 5.32 Å². The molecule has 2 N–H and O–H groups in total. The standard InChI is InChI=1S/C6H13NO/c1-5-4-7-3-2-6(5)8/h5-8H,2-4H2,1H3/t5-,6-/m1/s1. The number of nitrogens with one attached hydrogen (secondary N) is 1. The van der Waals surface area contributed by atoms with Gasteiger partial charge in [0.2, 0.25) is 0 Å². The molecular weight excluding hydrogens is 102 g/mol. The van der Waals surface area contributed by atoms with Gasteiger partial charge in [-0.2, -0.15) is 0 Å². The fraction of sp³-hybridized carbons (Fsp3) is 1.00. The minimum Gasteiger partial charge on any atom is -0.393 e. The topological polar surface area (TPSA) is 32.3 Å². The molecule has 1 heterocycles. The van der Waals surface area contributed by atoms with E-state index in [-0.39, 0.29) is 6.10 Å². The van der Waals surface area contributed by atoms with Gasteiger partial charge < -0.3 is 10.4 Å². The third-order valence-corrected chi connectivity index (χ3v) is 1.74. The first-order valence-electron chi connectivity index (χ1n) is 3.19. The summed E-state index contributed by atoms with van der Waals surface area (Å²) in [5.41, 5.74) is 0. The zero-order valence-corrected chi connectivity index (χ0v) is 5.22. The lowest BCUT2D eigenvalue weighted by Gasteiger charge is -2.24.